The second kappa shape index (κ2) is 5.66. The third-order valence-electron chi connectivity index (χ3n) is 2.10. The lowest BCUT2D eigenvalue weighted by atomic mass is 10.2. The van der Waals surface area contributed by atoms with E-state index in [4.69, 9.17) is 4.74 Å². The van der Waals surface area contributed by atoms with Crippen molar-refractivity contribution < 1.29 is 4.74 Å². The molecule has 14 heavy (non-hydrogen) atoms. The minimum atomic E-state index is 0.795. The molecule has 0 fully saturated rings. The molecule has 1 rings (SSSR count). The van der Waals surface area contributed by atoms with Crippen molar-refractivity contribution in [2.75, 3.05) is 27.2 Å². The van der Waals surface area contributed by atoms with Gasteiger partial charge in [0, 0.05) is 6.54 Å². The van der Waals surface area contributed by atoms with Gasteiger partial charge in [0.1, 0.15) is 5.75 Å². The van der Waals surface area contributed by atoms with Crippen molar-refractivity contribution in [3.8, 4) is 5.75 Å². The Kier molecular flexibility index (Phi) is 4.47. The van der Waals surface area contributed by atoms with Gasteiger partial charge in [0.2, 0.25) is 0 Å². The third kappa shape index (κ3) is 3.79. The Bertz CT molecular complexity index is 271. The lowest BCUT2D eigenvalue weighted by Gasteiger charge is -2.11. The van der Waals surface area contributed by atoms with Crippen LogP contribution in [0.5, 0.6) is 5.75 Å². The third-order valence-corrected chi connectivity index (χ3v) is 2.10. The maximum Gasteiger partial charge on any atom is 0.122 e. The Morgan fingerprint density at radius 1 is 1.21 bits per heavy atom. The fourth-order valence-corrected chi connectivity index (χ4v) is 1.28. The molecular weight excluding hydrogens is 174 g/mol. The molecule has 0 N–H and O–H groups in total. The number of aryl methyl sites for hydroxylation is 1. The summed E-state index contributed by atoms with van der Waals surface area (Å²) in [5.74, 6) is 1.01. The fraction of sp³-hybridized carbons (Fsp3) is 0.500. The molecule has 0 aromatic heterocycles. The van der Waals surface area contributed by atoms with Crippen molar-refractivity contribution in [2.24, 2.45) is 0 Å². The van der Waals surface area contributed by atoms with E-state index in [2.05, 4.69) is 32.0 Å². The van der Waals surface area contributed by atoms with Crippen molar-refractivity contribution in [3.63, 3.8) is 0 Å². The zero-order valence-corrected chi connectivity index (χ0v) is 9.29. The van der Waals surface area contributed by atoms with Gasteiger partial charge in [0.25, 0.3) is 0 Å². The molecule has 0 aliphatic heterocycles. The van der Waals surface area contributed by atoms with Crippen LogP contribution in [0.25, 0.3) is 0 Å². The number of rotatable bonds is 5. The standard InChI is InChI=1S/C12H19NO/c1-11-7-4-5-8-12(11)14-10-6-9-13(2)3/h4-5,7-8H,6,9-10H2,1-3H3. The number of ether oxygens (including phenoxy) is 1. The van der Waals surface area contributed by atoms with E-state index in [0.29, 0.717) is 0 Å². The molecule has 2 nitrogen and oxygen atoms in total. The van der Waals surface area contributed by atoms with Gasteiger partial charge in [-0.25, -0.2) is 0 Å². The first-order valence-corrected chi connectivity index (χ1v) is 5.03. The smallest absolute Gasteiger partial charge is 0.122 e. The van der Waals surface area contributed by atoms with Crippen molar-refractivity contribution in [1.29, 1.82) is 0 Å². The van der Waals surface area contributed by atoms with Crippen LogP contribution in [0.2, 0.25) is 0 Å². The highest BCUT2D eigenvalue weighted by Gasteiger charge is 1.97. The molecule has 0 amide bonds. The molecule has 0 heterocycles. The summed E-state index contributed by atoms with van der Waals surface area (Å²) < 4.78 is 5.66. The lowest BCUT2D eigenvalue weighted by molar-refractivity contribution is 0.280. The summed E-state index contributed by atoms with van der Waals surface area (Å²) in [4.78, 5) is 2.17. The van der Waals surface area contributed by atoms with E-state index in [1.165, 1.54) is 5.56 Å². The molecule has 0 saturated heterocycles. The summed E-state index contributed by atoms with van der Waals surface area (Å²) in [6, 6.07) is 8.13. The molecule has 0 aliphatic rings. The Morgan fingerprint density at radius 2 is 1.93 bits per heavy atom. The van der Waals surface area contributed by atoms with Crippen molar-refractivity contribution >= 4 is 0 Å². The Labute approximate surface area is 86.5 Å². The molecule has 1 aromatic rings. The molecule has 1 aromatic carbocycles. The van der Waals surface area contributed by atoms with Gasteiger partial charge in [-0.15, -0.1) is 0 Å². The lowest BCUT2D eigenvalue weighted by Crippen LogP contribution is -2.15. The van der Waals surface area contributed by atoms with Crippen molar-refractivity contribution in [3.05, 3.63) is 29.8 Å². The number of para-hydroxylation sites is 1. The normalized spacial score (nSPS) is 10.6. The monoisotopic (exact) mass is 193 g/mol. The van der Waals surface area contributed by atoms with Gasteiger partial charge < -0.3 is 9.64 Å². The van der Waals surface area contributed by atoms with Gasteiger partial charge in [-0.2, -0.15) is 0 Å². The highest BCUT2D eigenvalue weighted by Crippen LogP contribution is 2.15. The van der Waals surface area contributed by atoms with E-state index in [0.717, 1.165) is 25.3 Å². The van der Waals surface area contributed by atoms with E-state index in [9.17, 15) is 0 Å². The highest BCUT2D eigenvalue weighted by molar-refractivity contribution is 5.31. The van der Waals surface area contributed by atoms with Crippen LogP contribution in [-0.2, 0) is 0 Å². The molecule has 0 atom stereocenters. The average molecular weight is 193 g/mol. The molecule has 0 saturated carbocycles. The number of nitrogens with zero attached hydrogens (tertiary/aromatic N) is 1. The molecular formula is C12H19NO. The molecule has 2 heteroatoms. The predicted octanol–water partition coefficient (Wildman–Crippen LogP) is 2.33. The second-order valence-electron chi connectivity index (χ2n) is 3.77. The molecule has 0 radical (unpaired) electrons. The van der Waals surface area contributed by atoms with Gasteiger partial charge in [-0.1, -0.05) is 18.2 Å². The summed E-state index contributed by atoms with van der Waals surface area (Å²) in [5, 5.41) is 0. The van der Waals surface area contributed by atoms with Crippen LogP contribution >= 0.6 is 0 Å². The van der Waals surface area contributed by atoms with Gasteiger partial charge in [0.15, 0.2) is 0 Å². The average Bonchev–Trinajstić information content (AvgIpc) is 2.15. The van der Waals surface area contributed by atoms with Gasteiger partial charge in [-0.05, 0) is 39.1 Å². The summed E-state index contributed by atoms with van der Waals surface area (Å²) in [5.41, 5.74) is 1.21. The molecule has 0 bridgehead atoms. The zero-order chi connectivity index (χ0) is 10.4. The predicted molar refractivity (Wildman–Crippen MR) is 59.8 cm³/mol. The Morgan fingerprint density at radius 3 is 2.57 bits per heavy atom. The summed E-state index contributed by atoms with van der Waals surface area (Å²) >= 11 is 0. The van der Waals surface area contributed by atoms with Gasteiger partial charge in [-0.3, -0.25) is 0 Å². The van der Waals surface area contributed by atoms with E-state index in [-0.39, 0.29) is 0 Å². The number of benzene rings is 1. The Hall–Kier alpha value is -1.02. The van der Waals surface area contributed by atoms with E-state index >= 15 is 0 Å². The summed E-state index contributed by atoms with van der Waals surface area (Å²) in [7, 11) is 4.15. The summed E-state index contributed by atoms with van der Waals surface area (Å²) in [6.07, 6.45) is 1.07. The Balaban J connectivity index is 2.28. The number of hydrogen-bond acceptors (Lipinski definition) is 2. The second-order valence-corrected chi connectivity index (χ2v) is 3.77. The van der Waals surface area contributed by atoms with Crippen LogP contribution < -0.4 is 4.74 Å². The summed E-state index contributed by atoms with van der Waals surface area (Å²) in [6.45, 7) is 3.94. The minimum Gasteiger partial charge on any atom is -0.493 e. The van der Waals surface area contributed by atoms with Crippen LogP contribution in [0, 0.1) is 6.92 Å². The minimum absolute atomic E-state index is 0.795. The number of hydrogen-bond donors (Lipinski definition) is 0. The molecule has 0 aliphatic carbocycles. The van der Waals surface area contributed by atoms with Gasteiger partial charge in [0.05, 0.1) is 6.61 Å². The quantitative estimate of drug-likeness (QED) is 0.665. The topological polar surface area (TPSA) is 12.5 Å². The molecule has 0 unspecified atom stereocenters. The van der Waals surface area contributed by atoms with Crippen LogP contribution in [0.4, 0.5) is 0 Å². The first-order valence-electron chi connectivity index (χ1n) is 5.03. The maximum atomic E-state index is 5.66. The fourth-order valence-electron chi connectivity index (χ4n) is 1.28. The zero-order valence-electron chi connectivity index (χ0n) is 9.29. The maximum absolute atomic E-state index is 5.66. The van der Waals surface area contributed by atoms with E-state index in [1.54, 1.807) is 0 Å². The molecule has 0 spiro atoms. The van der Waals surface area contributed by atoms with Crippen LogP contribution in [0.15, 0.2) is 24.3 Å². The SMILES string of the molecule is Cc1ccccc1OCCCN(C)C. The van der Waals surface area contributed by atoms with E-state index in [1.807, 2.05) is 18.2 Å². The van der Waals surface area contributed by atoms with Crippen molar-refractivity contribution in [1.82, 2.24) is 4.90 Å². The first-order chi connectivity index (χ1) is 6.70. The first kappa shape index (κ1) is 11.1. The van der Waals surface area contributed by atoms with Crippen LogP contribution in [-0.4, -0.2) is 32.1 Å². The van der Waals surface area contributed by atoms with Crippen LogP contribution in [0.1, 0.15) is 12.0 Å². The van der Waals surface area contributed by atoms with Gasteiger partial charge >= 0.3 is 0 Å². The van der Waals surface area contributed by atoms with Crippen LogP contribution in [0.3, 0.4) is 0 Å². The highest BCUT2D eigenvalue weighted by atomic mass is 16.5. The van der Waals surface area contributed by atoms with Crippen molar-refractivity contribution in [2.45, 2.75) is 13.3 Å². The van der Waals surface area contributed by atoms with E-state index < -0.39 is 0 Å². The largest absolute Gasteiger partial charge is 0.493 e. The molecule has 78 valence electrons.